The molecule has 0 aliphatic heterocycles. The van der Waals surface area contributed by atoms with Crippen LogP contribution in [0.5, 0.6) is 5.75 Å². The number of amides is 1. The Morgan fingerprint density at radius 2 is 2.03 bits per heavy atom. The average Bonchev–Trinajstić information content (AvgIpc) is 3.20. The normalized spacial score (nSPS) is 10.9. The molecule has 0 unspecified atom stereocenters. The molecule has 1 N–H and O–H groups in total. The zero-order valence-electron chi connectivity index (χ0n) is 16.5. The number of ether oxygens (including phenoxy) is 1. The molecule has 0 saturated carbocycles. The highest BCUT2D eigenvalue weighted by molar-refractivity contribution is 8.00. The van der Waals surface area contributed by atoms with Gasteiger partial charge in [0, 0.05) is 18.0 Å². The Hall–Kier alpha value is -3.10. The molecule has 1 amide bonds. The van der Waals surface area contributed by atoms with Gasteiger partial charge in [-0.05, 0) is 55.5 Å². The molecule has 0 saturated heterocycles. The summed E-state index contributed by atoms with van der Waals surface area (Å²) in [5, 5.41) is 8.15. The molecule has 0 bridgehead atoms. The highest BCUT2D eigenvalue weighted by atomic mass is 35.5. The van der Waals surface area contributed by atoms with E-state index in [9.17, 15) is 9.18 Å². The minimum atomic E-state index is -0.472. The first kappa shape index (κ1) is 21.1. The molecule has 0 atom stereocenters. The van der Waals surface area contributed by atoms with Gasteiger partial charge in [-0.15, -0.1) is 0 Å². The van der Waals surface area contributed by atoms with Crippen LogP contribution in [0.3, 0.4) is 0 Å². The molecule has 31 heavy (non-hydrogen) atoms. The van der Waals surface area contributed by atoms with Gasteiger partial charge in [-0.25, -0.2) is 13.9 Å². The third-order valence-electron chi connectivity index (χ3n) is 4.36. The smallest absolute Gasteiger partial charge is 0.234 e. The molecule has 0 spiro atoms. The summed E-state index contributed by atoms with van der Waals surface area (Å²) >= 11 is 7.27. The summed E-state index contributed by atoms with van der Waals surface area (Å²) < 4.78 is 20.6. The summed E-state index contributed by atoms with van der Waals surface area (Å²) in [6.45, 7) is 2.55. The van der Waals surface area contributed by atoms with Crippen molar-refractivity contribution >= 4 is 40.5 Å². The van der Waals surface area contributed by atoms with Crippen molar-refractivity contribution in [2.45, 2.75) is 11.9 Å². The van der Waals surface area contributed by atoms with Gasteiger partial charge in [-0.3, -0.25) is 4.79 Å². The summed E-state index contributed by atoms with van der Waals surface area (Å²) in [5.74, 6) is 0.105. The van der Waals surface area contributed by atoms with E-state index in [-0.39, 0.29) is 22.4 Å². The van der Waals surface area contributed by atoms with E-state index >= 15 is 0 Å². The molecule has 2 heterocycles. The standard InChI is InChI=1S/C22H18ClFN4O2S/c1-2-30-16-6-3-14(4-7-16)18-12-20-22(25-9-10-28(20)27-18)31-13-21(29)26-19-11-15(24)5-8-17(19)23/h3-12H,2,13H2,1H3,(H,26,29). The van der Waals surface area contributed by atoms with Gasteiger partial charge in [-0.2, -0.15) is 5.10 Å². The first-order chi connectivity index (χ1) is 15.0. The molecule has 158 valence electrons. The number of thioether (sulfide) groups is 1. The Morgan fingerprint density at radius 3 is 2.81 bits per heavy atom. The number of carbonyl (C=O) groups excluding carboxylic acids is 1. The molecule has 2 aromatic heterocycles. The minimum Gasteiger partial charge on any atom is -0.494 e. The van der Waals surface area contributed by atoms with Gasteiger partial charge >= 0.3 is 0 Å². The molecule has 0 fully saturated rings. The second kappa shape index (κ2) is 9.36. The van der Waals surface area contributed by atoms with Crippen LogP contribution in [-0.4, -0.2) is 32.9 Å². The summed E-state index contributed by atoms with van der Waals surface area (Å²) in [4.78, 5) is 16.7. The van der Waals surface area contributed by atoms with Crippen molar-refractivity contribution in [3.63, 3.8) is 0 Å². The maximum Gasteiger partial charge on any atom is 0.234 e. The highest BCUT2D eigenvalue weighted by Gasteiger charge is 2.13. The third-order valence-corrected chi connectivity index (χ3v) is 5.68. The summed E-state index contributed by atoms with van der Waals surface area (Å²) in [7, 11) is 0. The average molecular weight is 457 g/mol. The third kappa shape index (κ3) is 4.98. The lowest BCUT2D eigenvalue weighted by atomic mass is 10.1. The Balaban J connectivity index is 1.49. The first-order valence-corrected chi connectivity index (χ1v) is 10.8. The molecule has 4 aromatic rings. The number of halogens is 2. The number of carbonyl (C=O) groups is 1. The number of benzene rings is 2. The summed E-state index contributed by atoms with van der Waals surface area (Å²) in [5.41, 5.74) is 2.75. The predicted octanol–water partition coefficient (Wildman–Crippen LogP) is 5.32. The fourth-order valence-corrected chi connectivity index (χ4v) is 3.89. The van der Waals surface area contributed by atoms with E-state index in [1.165, 1.54) is 30.0 Å². The molecule has 9 heteroatoms. The SMILES string of the molecule is CCOc1ccc(-c2cc3c(SCC(=O)Nc4cc(F)ccc4Cl)nccn3n2)cc1. The van der Waals surface area contributed by atoms with E-state index in [4.69, 9.17) is 16.3 Å². The Labute approximate surface area is 187 Å². The molecule has 2 aromatic carbocycles. The second-order valence-corrected chi connectivity index (χ2v) is 7.88. The number of hydrogen-bond acceptors (Lipinski definition) is 5. The number of hydrogen-bond donors (Lipinski definition) is 1. The Morgan fingerprint density at radius 1 is 1.23 bits per heavy atom. The number of rotatable bonds is 7. The number of nitrogens with one attached hydrogen (secondary N) is 1. The number of aromatic nitrogens is 3. The van der Waals surface area contributed by atoms with Crippen molar-refractivity contribution in [3.8, 4) is 17.0 Å². The fraction of sp³-hybridized carbons (Fsp3) is 0.136. The topological polar surface area (TPSA) is 68.5 Å². The maximum absolute atomic E-state index is 13.4. The maximum atomic E-state index is 13.4. The van der Waals surface area contributed by atoms with Crippen LogP contribution in [0.1, 0.15) is 6.92 Å². The number of anilines is 1. The molecule has 0 aliphatic rings. The fourth-order valence-electron chi connectivity index (χ4n) is 2.95. The van der Waals surface area contributed by atoms with Gasteiger partial charge in [-0.1, -0.05) is 23.4 Å². The zero-order valence-corrected chi connectivity index (χ0v) is 18.1. The van der Waals surface area contributed by atoms with E-state index in [0.29, 0.717) is 11.6 Å². The highest BCUT2D eigenvalue weighted by Crippen LogP contribution is 2.28. The van der Waals surface area contributed by atoms with Crippen LogP contribution in [-0.2, 0) is 4.79 Å². The monoisotopic (exact) mass is 456 g/mol. The van der Waals surface area contributed by atoms with Crippen molar-refractivity contribution in [1.29, 1.82) is 0 Å². The molecule has 6 nitrogen and oxygen atoms in total. The van der Waals surface area contributed by atoms with Gasteiger partial charge in [0.2, 0.25) is 5.91 Å². The Kier molecular flexibility index (Phi) is 6.39. The summed E-state index contributed by atoms with van der Waals surface area (Å²) in [6.07, 6.45) is 3.38. The molecule has 0 aliphatic carbocycles. The lowest BCUT2D eigenvalue weighted by Gasteiger charge is -2.07. The van der Waals surface area contributed by atoms with Crippen molar-refractivity contribution in [3.05, 3.63) is 71.8 Å². The van der Waals surface area contributed by atoms with E-state index in [2.05, 4.69) is 15.4 Å². The quantitative estimate of drug-likeness (QED) is 0.381. The molecular formula is C22H18ClFN4O2S. The van der Waals surface area contributed by atoms with E-state index < -0.39 is 5.82 Å². The van der Waals surface area contributed by atoms with Crippen LogP contribution in [0.4, 0.5) is 10.1 Å². The van der Waals surface area contributed by atoms with E-state index in [1.807, 2.05) is 37.3 Å². The first-order valence-electron chi connectivity index (χ1n) is 9.49. The Bertz CT molecular complexity index is 1230. The van der Waals surface area contributed by atoms with Crippen molar-refractivity contribution in [1.82, 2.24) is 14.6 Å². The van der Waals surface area contributed by atoms with Crippen LogP contribution < -0.4 is 10.1 Å². The second-order valence-electron chi connectivity index (χ2n) is 6.51. The number of nitrogens with zero attached hydrogens (tertiary/aromatic N) is 3. The minimum absolute atomic E-state index is 0.0864. The van der Waals surface area contributed by atoms with Gasteiger partial charge in [0.1, 0.15) is 16.6 Å². The van der Waals surface area contributed by atoms with Crippen LogP contribution in [0.2, 0.25) is 5.02 Å². The lowest BCUT2D eigenvalue weighted by molar-refractivity contribution is -0.113. The van der Waals surface area contributed by atoms with Crippen LogP contribution in [0.15, 0.2) is 66.0 Å². The largest absolute Gasteiger partial charge is 0.494 e. The predicted molar refractivity (Wildman–Crippen MR) is 120 cm³/mol. The van der Waals surface area contributed by atoms with Gasteiger partial charge in [0.15, 0.2) is 0 Å². The van der Waals surface area contributed by atoms with E-state index in [1.54, 1.807) is 16.9 Å². The molecule has 0 radical (unpaired) electrons. The van der Waals surface area contributed by atoms with Crippen LogP contribution in [0.25, 0.3) is 16.8 Å². The molecule has 4 rings (SSSR count). The van der Waals surface area contributed by atoms with Gasteiger partial charge < -0.3 is 10.1 Å². The van der Waals surface area contributed by atoms with Crippen LogP contribution >= 0.6 is 23.4 Å². The van der Waals surface area contributed by atoms with Crippen LogP contribution in [0, 0.1) is 5.82 Å². The van der Waals surface area contributed by atoms with Crippen molar-refractivity contribution < 1.29 is 13.9 Å². The van der Waals surface area contributed by atoms with Gasteiger partial charge in [0.25, 0.3) is 0 Å². The summed E-state index contributed by atoms with van der Waals surface area (Å²) in [6, 6.07) is 13.4. The van der Waals surface area contributed by atoms with E-state index in [0.717, 1.165) is 22.5 Å². The lowest BCUT2D eigenvalue weighted by Crippen LogP contribution is -2.14. The van der Waals surface area contributed by atoms with Gasteiger partial charge in [0.05, 0.1) is 34.3 Å². The zero-order chi connectivity index (χ0) is 21.8. The molecular weight excluding hydrogens is 439 g/mol. The van der Waals surface area contributed by atoms with Crippen molar-refractivity contribution in [2.24, 2.45) is 0 Å². The van der Waals surface area contributed by atoms with Crippen molar-refractivity contribution in [2.75, 3.05) is 17.7 Å². The number of fused-ring (bicyclic) bond motifs is 1.